The van der Waals surface area contributed by atoms with Crippen LogP contribution < -0.4 is 10.2 Å². The van der Waals surface area contributed by atoms with Crippen LogP contribution in [0.15, 0.2) is 18.2 Å². The van der Waals surface area contributed by atoms with E-state index in [1.165, 1.54) is 12.1 Å². The van der Waals surface area contributed by atoms with Crippen molar-refractivity contribution in [3.05, 3.63) is 29.6 Å². The van der Waals surface area contributed by atoms with Crippen molar-refractivity contribution < 1.29 is 9.18 Å². The van der Waals surface area contributed by atoms with Gasteiger partial charge in [-0.25, -0.2) is 4.39 Å². The second-order valence-electron chi connectivity index (χ2n) is 6.40. The van der Waals surface area contributed by atoms with Gasteiger partial charge in [-0.1, -0.05) is 6.07 Å². The maximum Gasteiger partial charge on any atom is 0.237 e. The summed E-state index contributed by atoms with van der Waals surface area (Å²) in [6.45, 7) is 6.57. The summed E-state index contributed by atoms with van der Waals surface area (Å²) in [5, 5.41) is 3.33. The number of benzene rings is 1. The van der Waals surface area contributed by atoms with Gasteiger partial charge in [0.2, 0.25) is 5.91 Å². The lowest BCUT2D eigenvalue weighted by atomic mass is 9.86. The van der Waals surface area contributed by atoms with E-state index in [4.69, 9.17) is 0 Å². The first-order valence-electron chi connectivity index (χ1n) is 7.33. The number of halogens is 1. The topological polar surface area (TPSA) is 32.3 Å². The molecule has 3 nitrogen and oxygen atoms in total. The SMILES string of the molecule is CC1(C)C(=O)N(CC2CCNCC2)c2cc(F)ccc21. The monoisotopic (exact) mass is 276 g/mol. The Hall–Kier alpha value is -1.42. The molecule has 2 heterocycles. The summed E-state index contributed by atoms with van der Waals surface area (Å²) in [6, 6.07) is 4.70. The molecule has 2 aliphatic heterocycles. The fourth-order valence-corrected chi connectivity index (χ4v) is 3.32. The predicted molar refractivity (Wildman–Crippen MR) is 77.4 cm³/mol. The number of hydrogen-bond acceptors (Lipinski definition) is 2. The molecule has 1 fully saturated rings. The highest BCUT2D eigenvalue weighted by atomic mass is 19.1. The van der Waals surface area contributed by atoms with Gasteiger partial charge < -0.3 is 10.2 Å². The van der Waals surface area contributed by atoms with Gasteiger partial charge in [0.1, 0.15) is 5.82 Å². The molecule has 4 heteroatoms. The first kappa shape index (κ1) is 13.6. The van der Waals surface area contributed by atoms with Crippen LogP contribution >= 0.6 is 0 Å². The molecule has 0 aromatic heterocycles. The van der Waals surface area contributed by atoms with Gasteiger partial charge in [-0.15, -0.1) is 0 Å². The van der Waals surface area contributed by atoms with Crippen molar-refractivity contribution in [2.24, 2.45) is 5.92 Å². The fraction of sp³-hybridized carbons (Fsp3) is 0.562. The minimum Gasteiger partial charge on any atom is -0.317 e. The van der Waals surface area contributed by atoms with Gasteiger partial charge in [0.05, 0.1) is 11.1 Å². The quantitative estimate of drug-likeness (QED) is 0.900. The van der Waals surface area contributed by atoms with Crippen molar-refractivity contribution in [2.45, 2.75) is 32.1 Å². The molecule has 108 valence electrons. The predicted octanol–water partition coefficient (Wildman–Crippen LogP) is 2.45. The number of hydrogen-bond donors (Lipinski definition) is 1. The van der Waals surface area contributed by atoms with Gasteiger partial charge in [-0.2, -0.15) is 0 Å². The van der Waals surface area contributed by atoms with E-state index < -0.39 is 5.41 Å². The minimum absolute atomic E-state index is 0.0941. The number of amides is 1. The van der Waals surface area contributed by atoms with Crippen LogP contribution in [0.25, 0.3) is 0 Å². The normalized spacial score (nSPS) is 22.1. The van der Waals surface area contributed by atoms with Crippen molar-refractivity contribution in [1.29, 1.82) is 0 Å². The molecule has 3 rings (SSSR count). The maximum atomic E-state index is 13.5. The molecule has 2 aliphatic rings. The molecule has 1 amide bonds. The number of carbonyl (C=O) groups is 1. The minimum atomic E-state index is -0.546. The van der Waals surface area contributed by atoms with Crippen molar-refractivity contribution >= 4 is 11.6 Å². The molecule has 1 N–H and O–H groups in total. The van der Waals surface area contributed by atoms with E-state index in [-0.39, 0.29) is 11.7 Å². The van der Waals surface area contributed by atoms with Crippen LogP contribution in [0.2, 0.25) is 0 Å². The summed E-state index contributed by atoms with van der Waals surface area (Å²) < 4.78 is 13.5. The Morgan fingerprint density at radius 2 is 2.05 bits per heavy atom. The van der Waals surface area contributed by atoms with Gasteiger partial charge in [-0.05, 0) is 63.4 Å². The molecule has 1 aromatic rings. The Morgan fingerprint density at radius 1 is 1.35 bits per heavy atom. The van der Waals surface area contributed by atoms with Crippen molar-refractivity contribution in [3.8, 4) is 0 Å². The average molecular weight is 276 g/mol. The largest absolute Gasteiger partial charge is 0.317 e. The fourth-order valence-electron chi connectivity index (χ4n) is 3.32. The van der Waals surface area contributed by atoms with Gasteiger partial charge >= 0.3 is 0 Å². The van der Waals surface area contributed by atoms with Crippen molar-refractivity contribution in [3.63, 3.8) is 0 Å². The summed E-state index contributed by atoms with van der Waals surface area (Å²) in [5.41, 5.74) is 1.16. The summed E-state index contributed by atoms with van der Waals surface area (Å²) in [4.78, 5) is 14.5. The lowest BCUT2D eigenvalue weighted by molar-refractivity contribution is -0.122. The van der Waals surface area contributed by atoms with Crippen molar-refractivity contribution in [2.75, 3.05) is 24.5 Å². The zero-order valence-electron chi connectivity index (χ0n) is 12.1. The first-order chi connectivity index (χ1) is 9.50. The van der Waals surface area contributed by atoms with E-state index >= 15 is 0 Å². The van der Waals surface area contributed by atoms with Gasteiger partial charge in [0.25, 0.3) is 0 Å². The Kier molecular flexibility index (Phi) is 3.28. The molecule has 0 atom stereocenters. The summed E-state index contributed by atoms with van der Waals surface area (Å²) in [7, 11) is 0. The average Bonchev–Trinajstić information content (AvgIpc) is 2.61. The number of rotatable bonds is 2. The van der Waals surface area contributed by atoms with Crippen LogP contribution in [-0.4, -0.2) is 25.5 Å². The standard InChI is InChI=1S/C16H21FN2O/c1-16(2)13-4-3-12(17)9-14(13)19(15(16)20)10-11-5-7-18-8-6-11/h3-4,9,11,18H,5-8,10H2,1-2H3. The Morgan fingerprint density at radius 3 is 2.75 bits per heavy atom. The maximum absolute atomic E-state index is 13.5. The van der Waals surface area contributed by atoms with E-state index in [1.54, 1.807) is 11.0 Å². The molecule has 0 aliphatic carbocycles. The van der Waals surface area contributed by atoms with Crippen LogP contribution in [0.1, 0.15) is 32.3 Å². The van der Waals surface area contributed by atoms with Gasteiger partial charge in [-0.3, -0.25) is 4.79 Å². The number of nitrogens with zero attached hydrogens (tertiary/aromatic N) is 1. The lowest BCUT2D eigenvalue weighted by Gasteiger charge is -2.28. The second kappa shape index (κ2) is 4.85. The number of nitrogens with one attached hydrogen (secondary N) is 1. The highest BCUT2D eigenvalue weighted by Crippen LogP contribution is 2.42. The Labute approximate surface area is 119 Å². The Bertz CT molecular complexity index is 535. The van der Waals surface area contributed by atoms with E-state index in [0.29, 0.717) is 12.5 Å². The highest BCUT2D eigenvalue weighted by molar-refractivity contribution is 6.07. The van der Waals surface area contributed by atoms with Crippen LogP contribution in [-0.2, 0) is 10.2 Å². The second-order valence-corrected chi connectivity index (χ2v) is 6.40. The Balaban J connectivity index is 1.91. The molecular formula is C16H21FN2O. The van der Waals surface area contributed by atoms with Crippen LogP contribution in [0.4, 0.5) is 10.1 Å². The third-order valence-corrected chi connectivity index (χ3v) is 4.60. The number of anilines is 1. The highest BCUT2D eigenvalue weighted by Gasteiger charge is 2.44. The molecule has 0 spiro atoms. The molecule has 1 aromatic carbocycles. The van der Waals surface area contributed by atoms with E-state index in [0.717, 1.165) is 37.2 Å². The summed E-state index contributed by atoms with van der Waals surface area (Å²) in [5.74, 6) is 0.325. The first-order valence-corrected chi connectivity index (χ1v) is 7.33. The van der Waals surface area contributed by atoms with Crippen molar-refractivity contribution in [1.82, 2.24) is 5.32 Å². The summed E-state index contributed by atoms with van der Waals surface area (Å²) in [6.07, 6.45) is 2.16. The van der Waals surface area contributed by atoms with Crippen LogP contribution in [0.5, 0.6) is 0 Å². The van der Waals surface area contributed by atoms with Gasteiger partial charge in [0.15, 0.2) is 0 Å². The van der Waals surface area contributed by atoms with Crippen LogP contribution in [0, 0.1) is 11.7 Å². The van der Waals surface area contributed by atoms with E-state index in [1.807, 2.05) is 13.8 Å². The third-order valence-electron chi connectivity index (χ3n) is 4.60. The zero-order chi connectivity index (χ0) is 14.3. The number of fused-ring (bicyclic) bond motifs is 1. The zero-order valence-corrected chi connectivity index (χ0v) is 12.1. The number of carbonyl (C=O) groups excluding carboxylic acids is 1. The molecular weight excluding hydrogens is 255 g/mol. The van der Waals surface area contributed by atoms with Crippen LogP contribution in [0.3, 0.4) is 0 Å². The molecule has 0 saturated carbocycles. The lowest BCUT2D eigenvalue weighted by Crippen LogP contribution is -2.41. The smallest absolute Gasteiger partial charge is 0.237 e. The molecule has 0 radical (unpaired) electrons. The number of piperidine rings is 1. The van der Waals surface area contributed by atoms with E-state index in [9.17, 15) is 9.18 Å². The third kappa shape index (κ3) is 2.12. The van der Waals surface area contributed by atoms with Gasteiger partial charge in [0, 0.05) is 6.54 Å². The van der Waals surface area contributed by atoms with E-state index in [2.05, 4.69) is 5.32 Å². The molecule has 1 saturated heterocycles. The summed E-state index contributed by atoms with van der Waals surface area (Å²) >= 11 is 0. The molecule has 0 bridgehead atoms. The molecule has 20 heavy (non-hydrogen) atoms. The molecule has 0 unspecified atom stereocenters.